The maximum Gasteiger partial charge on any atom is 0.244 e. The molecule has 0 aromatic heterocycles. The first kappa shape index (κ1) is 9.39. The van der Waals surface area contributed by atoms with Gasteiger partial charge in [-0.25, -0.2) is 0 Å². The largest absolute Gasteiger partial charge is 0.344 e. The van der Waals surface area contributed by atoms with E-state index in [9.17, 15) is 9.59 Å². The van der Waals surface area contributed by atoms with E-state index in [1.165, 1.54) is 0 Å². The molecule has 2 heterocycles. The number of nitrogens with zero attached hydrogens (tertiary/aromatic N) is 1. The summed E-state index contributed by atoms with van der Waals surface area (Å²) >= 11 is 0. The Morgan fingerprint density at radius 3 is 2.75 bits per heavy atom. The SMILES string of the molecule is CN1CC[C@@]2(C(=O)Nc3ccccc32)C1=O. The van der Waals surface area contributed by atoms with Crippen molar-refractivity contribution < 1.29 is 9.59 Å². The Balaban J connectivity index is 2.22. The number of benzene rings is 1. The molecule has 0 aliphatic carbocycles. The van der Waals surface area contributed by atoms with Gasteiger partial charge in [0.2, 0.25) is 11.8 Å². The summed E-state index contributed by atoms with van der Waals surface area (Å²) in [5, 5.41) is 2.79. The first-order valence-electron chi connectivity index (χ1n) is 5.33. The number of anilines is 1. The Labute approximate surface area is 93.2 Å². The Morgan fingerprint density at radius 1 is 1.31 bits per heavy atom. The van der Waals surface area contributed by atoms with E-state index in [2.05, 4.69) is 5.32 Å². The smallest absolute Gasteiger partial charge is 0.244 e. The zero-order valence-electron chi connectivity index (χ0n) is 8.99. The fourth-order valence-corrected chi connectivity index (χ4v) is 2.65. The number of nitrogens with one attached hydrogen (secondary N) is 1. The highest BCUT2D eigenvalue weighted by Crippen LogP contribution is 2.44. The Bertz CT molecular complexity index is 498. The van der Waals surface area contributed by atoms with Crippen LogP contribution in [0, 0.1) is 0 Å². The van der Waals surface area contributed by atoms with E-state index < -0.39 is 5.41 Å². The molecule has 2 amide bonds. The van der Waals surface area contributed by atoms with Gasteiger partial charge in [-0.3, -0.25) is 9.59 Å². The van der Waals surface area contributed by atoms with E-state index in [0.29, 0.717) is 13.0 Å². The maximum absolute atomic E-state index is 12.2. The predicted octanol–water partition coefficient (Wildman–Crippen LogP) is 0.739. The normalized spacial score (nSPS) is 27.4. The van der Waals surface area contributed by atoms with Crippen LogP contribution in [0.15, 0.2) is 24.3 Å². The topological polar surface area (TPSA) is 49.4 Å². The van der Waals surface area contributed by atoms with Crippen molar-refractivity contribution in [2.24, 2.45) is 0 Å². The number of likely N-dealkylation sites (tertiary alicyclic amines) is 1. The molecule has 16 heavy (non-hydrogen) atoms. The van der Waals surface area contributed by atoms with Crippen LogP contribution in [0.3, 0.4) is 0 Å². The standard InChI is InChI=1S/C12H12N2O2/c1-14-7-6-12(11(14)16)8-4-2-3-5-9(8)13-10(12)15/h2-5H,6-7H2,1H3,(H,13,15)/t12-/m1/s1. The lowest BCUT2D eigenvalue weighted by atomic mass is 9.80. The van der Waals surface area contributed by atoms with Gasteiger partial charge < -0.3 is 10.2 Å². The molecule has 1 aromatic carbocycles. The van der Waals surface area contributed by atoms with Crippen LogP contribution in [0.25, 0.3) is 0 Å². The molecule has 0 radical (unpaired) electrons. The summed E-state index contributed by atoms with van der Waals surface area (Å²) in [5.74, 6) is -0.266. The summed E-state index contributed by atoms with van der Waals surface area (Å²) in [6.45, 7) is 0.639. The number of hydrogen-bond donors (Lipinski definition) is 1. The maximum atomic E-state index is 12.2. The first-order chi connectivity index (χ1) is 7.66. The van der Waals surface area contributed by atoms with Gasteiger partial charge in [-0.15, -0.1) is 0 Å². The van der Waals surface area contributed by atoms with Gasteiger partial charge in [-0.1, -0.05) is 18.2 Å². The summed E-state index contributed by atoms with van der Waals surface area (Å²) in [6.07, 6.45) is 0.575. The highest BCUT2D eigenvalue weighted by molar-refractivity contribution is 6.21. The van der Waals surface area contributed by atoms with Crippen molar-refractivity contribution in [2.75, 3.05) is 18.9 Å². The molecule has 1 atom stereocenters. The van der Waals surface area contributed by atoms with Gasteiger partial charge in [0, 0.05) is 24.8 Å². The van der Waals surface area contributed by atoms with Crippen LogP contribution in [0.1, 0.15) is 12.0 Å². The second-order valence-corrected chi connectivity index (χ2v) is 4.38. The van der Waals surface area contributed by atoms with Crippen molar-refractivity contribution in [3.63, 3.8) is 0 Å². The third kappa shape index (κ3) is 0.894. The van der Waals surface area contributed by atoms with Gasteiger partial charge in [-0.2, -0.15) is 0 Å². The molecular weight excluding hydrogens is 204 g/mol. The van der Waals surface area contributed by atoms with Crippen LogP contribution >= 0.6 is 0 Å². The van der Waals surface area contributed by atoms with E-state index in [4.69, 9.17) is 0 Å². The minimum atomic E-state index is -0.953. The minimum Gasteiger partial charge on any atom is -0.344 e. The Kier molecular flexibility index (Phi) is 1.67. The van der Waals surface area contributed by atoms with Crippen LogP contribution in [0.5, 0.6) is 0 Å². The van der Waals surface area contributed by atoms with Crippen molar-refractivity contribution in [2.45, 2.75) is 11.8 Å². The summed E-state index contributed by atoms with van der Waals surface area (Å²) < 4.78 is 0. The van der Waals surface area contributed by atoms with Crippen LogP contribution in [0.4, 0.5) is 5.69 Å². The van der Waals surface area contributed by atoms with Crippen molar-refractivity contribution in [3.8, 4) is 0 Å². The molecule has 0 saturated carbocycles. The average Bonchev–Trinajstić information content (AvgIpc) is 2.74. The van der Waals surface area contributed by atoms with Gasteiger partial charge in [0.15, 0.2) is 5.41 Å². The second-order valence-electron chi connectivity index (χ2n) is 4.38. The first-order valence-corrected chi connectivity index (χ1v) is 5.33. The molecule has 1 N–H and O–H groups in total. The van der Waals surface area contributed by atoms with Crippen molar-refractivity contribution in [1.82, 2.24) is 4.90 Å². The number of carbonyl (C=O) groups is 2. The van der Waals surface area contributed by atoms with Crippen molar-refractivity contribution in [1.29, 1.82) is 0 Å². The third-order valence-electron chi connectivity index (χ3n) is 3.56. The molecule has 0 unspecified atom stereocenters. The molecule has 1 fully saturated rings. The number of carbonyl (C=O) groups excluding carboxylic acids is 2. The summed E-state index contributed by atoms with van der Waals surface area (Å²) in [7, 11) is 1.74. The number of rotatable bonds is 0. The fourth-order valence-electron chi connectivity index (χ4n) is 2.65. The molecule has 4 nitrogen and oxygen atoms in total. The molecular formula is C12H12N2O2. The molecule has 1 spiro atoms. The van der Waals surface area contributed by atoms with Gasteiger partial charge in [-0.05, 0) is 12.5 Å². The summed E-state index contributed by atoms with van der Waals surface area (Å²) in [5.41, 5.74) is 0.649. The number of fused-ring (bicyclic) bond motifs is 2. The summed E-state index contributed by atoms with van der Waals surface area (Å²) in [6, 6.07) is 7.44. The molecule has 1 saturated heterocycles. The van der Waals surface area contributed by atoms with Crippen LogP contribution in [-0.2, 0) is 15.0 Å². The molecule has 4 heteroatoms. The number of likely N-dealkylation sites (N-methyl/N-ethyl adjacent to an activating group) is 1. The number of para-hydroxylation sites is 1. The summed E-state index contributed by atoms with van der Waals surface area (Å²) in [4.78, 5) is 25.8. The highest BCUT2D eigenvalue weighted by Gasteiger charge is 2.57. The van der Waals surface area contributed by atoms with Crippen LogP contribution in [0.2, 0.25) is 0 Å². The zero-order chi connectivity index (χ0) is 11.3. The van der Waals surface area contributed by atoms with E-state index in [1.54, 1.807) is 11.9 Å². The second kappa shape index (κ2) is 2.84. The predicted molar refractivity (Wildman–Crippen MR) is 59.0 cm³/mol. The van der Waals surface area contributed by atoms with Crippen LogP contribution in [-0.4, -0.2) is 30.3 Å². The molecule has 2 aliphatic rings. The van der Waals surface area contributed by atoms with Crippen LogP contribution < -0.4 is 5.32 Å². The minimum absolute atomic E-state index is 0.0880. The Morgan fingerprint density at radius 2 is 2.06 bits per heavy atom. The average molecular weight is 216 g/mol. The van der Waals surface area contributed by atoms with Gasteiger partial charge in [0.25, 0.3) is 0 Å². The third-order valence-corrected chi connectivity index (χ3v) is 3.56. The van der Waals surface area contributed by atoms with Gasteiger partial charge in [0.1, 0.15) is 0 Å². The Hall–Kier alpha value is -1.84. The monoisotopic (exact) mass is 216 g/mol. The number of amides is 2. The van der Waals surface area contributed by atoms with E-state index in [1.807, 2.05) is 24.3 Å². The van der Waals surface area contributed by atoms with Crippen molar-refractivity contribution in [3.05, 3.63) is 29.8 Å². The fraction of sp³-hybridized carbons (Fsp3) is 0.333. The number of hydrogen-bond acceptors (Lipinski definition) is 2. The molecule has 1 aromatic rings. The zero-order valence-corrected chi connectivity index (χ0v) is 8.99. The van der Waals surface area contributed by atoms with Gasteiger partial charge >= 0.3 is 0 Å². The molecule has 3 rings (SSSR count). The van der Waals surface area contributed by atoms with E-state index in [0.717, 1.165) is 11.3 Å². The lowest BCUT2D eigenvalue weighted by Gasteiger charge is -2.19. The lowest BCUT2D eigenvalue weighted by molar-refractivity contribution is -0.136. The van der Waals surface area contributed by atoms with E-state index >= 15 is 0 Å². The molecule has 2 aliphatic heterocycles. The highest BCUT2D eigenvalue weighted by atomic mass is 16.2. The molecule has 0 bridgehead atoms. The quantitative estimate of drug-likeness (QED) is 0.650. The van der Waals surface area contributed by atoms with Crippen molar-refractivity contribution >= 4 is 17.5 Å². The lowest BCUT2D eigenvalue weighted by Crippen LogP contribution is -2.42. The van der Waals surface area contributed by atoms with Gasteiger partial charge in [0.05, 0.1) is 0 Å². The molecule has 82 valence electrons. The van der Waals surface area contributed by atoms with E-state index in [-0.39, 0.29) is 11.8 Å².